The summed E-state index contributed by atoms with van der Waals surface area (Å²) in [5.74, 6) is 0. The molecule has 0 aliphatic rings. The number of hydrogen-bond donors (Lipinski definition) is 3. The number of benzene rings is 1. The Morgan fingerprint density at radius 2 is 2.00 bits per heavy atom. The molecule has 0 saturated carbocycles. The lowest BCUT2D eigenvalue weighted by Gasteiger charge is -2.14. The summed E-state index contributed by atoms with van der Waals surface area (Å²) >= 11 is 4.85. The standard InChI is InChI=1S/C9H12N2OS/c1-10-9(13)11-8(12)7-5-3-2-4-6-7/h2-6,8,12H,1H3,(H2,10,11,13). The molecular weight excluding hydrogens is 184 g/mol. The van der Waals surface area contributed by atoms with Gasteiger partial charge in [-0.05, 0) is 12.2 Å². The summed E-state index contributed by atoms with van der Waals surface area (Å²) in [6.07, 6.45) is -0.749. The van der Waals surface area contributed by atoms with Gasteiger partial charge in [-0.15, -0.1) is 0 Å². The molecule has 4 heteroatoms. The van der Waals surface area contributed by atoms with Crippen molar-refractivity contribution in [2.24, 2.45) is 0 Å². The van der Waals surface area contributed by atoms with E-state index in [9.17, 15) is 5.11 Å². The average Bonchev–Trinajstić information content (AvgIpc) is 2.19. The Morgan fingerprint density at radius 3 is 2.54 bits per heavy atom. The maximum atomic E-state index is 9.58. The molecule has 70 valence electrons. The summed E-state index contributed by atoms with van der Waals surface area (Å²) in [6.45, 7) is 0. The lowest BCUT2D eigenvalue weighted by Crippen LogP contribution is -2.35. The van der Waals surface area contributed by atoms with Crippen LogP contribution in [0.4, 0.5) is 0 Å². The number of rotatable bonds is 2. The van der Waals surface area contributed by atoms with Crippen LogP contribution < -0.4 is 10.6 Å². The van der Waals surface area contributed by atoms with E-state index in [2.05, 4.69) is 10.6 Å². The molecule has 1 atom stereocenters. The first kappa shape index (κ1) is 9.95. The summed E-state index contributed by atoms with van der Waals surface area (Å²) in [5, 5.41) is 15.5. The molecule has 0 saturated heterocycles. The van der Waals surface area contributed by atoms with Crippen LogP contribution in [-0.2, 0) is 0 Å². The highest BCUT2D eigenvalue weighted by molar-refractivity contribution is 7.80. The van der Waals surface area contributed by atoms with Gasteiger partial charge >= 0.3 is 0 Å². The second-order valence-corrected chi connectivity index (χ2v) is 2.94. The molecule has 0 bridgehead atoms. The number of aliphatic hydroxyl groups excluding tert-OH is 1. The molecule has 3 N–H and O–H groups in total. The largest absolute Gasteiger partial charge is 0.369 e. The zero-order chi connectivity index (χ0) is 9.68. The second-order valence-electron chi connectivity index (χ2n) is 2.54. The highest BCUT2D eigenvalue weighted by atomic mass is 32.1. The molecule has 0 aliphatic carbocycles. The van der Waals surface area contributed by atoms with Gasteiger partial charge in [0, 0.05) is 12.6 Å². The van der Waals surface area contributed by atoms with E-state index in [4.69, 9.17) is 12.2 Å². The van der Waals surface area contributed by atoms with Gasteiger partial charge in [0.15, 0.2) is 11.3 Å². The Kier molecular flexibility index (Phi) is 3.67. The SMILES string of the molecule is CNC(=S)NC(O)c1ccccc1. The van der Waals surface area contributed by atoms with Crippen LogP contribution in [0.2, 0.25) is 0 Å². The summed E-state index contributed by atoms with van der Waals surface area (Å²) in [4.78, 5) is 0. The number of thiocarbonyl (C=S) groups is 1. The third-order valence-corrected chi connectivity index (χ3v) is 1.93. The van der Waals surface area contributed by atoms with Gasteiger partial charge in [0.05, 0.1) is 0 Å². The van der Waals surface area contributed by atoms with Crippen molar-refractivity contribution in [3.05, 3.63) is 35.9 Å². The molecule has 1 aromatic carbocycles. The average molecular weight is 196 g/mol. The summed E-state index contributed by atoms with van der Waals surface area (Å²) < 4.78 is 0. The highest BCUT2D eigenvalue weighted by Gasteiger charge is 2.05. The molecule has 0 amide bonds. The van der Waals surface area contributed by atoms with E-state index < -0.39 is 6.23 Å². The van der Waals surface area contributed by atoms with E-state index in [1.54, 1.807) is 7.05 Å². The van der Waals surface area contributed by atoms with Crippen LogP contribution in [0.5, 0.6) is 0 Å². The van der Waals surface area contributed by atoms with Gasteiger partial charge in [-0.2, -0.15) is 0 Å². The third kappa shape index (κ3) is 3.01. The van der Waals surface area contributed by atoms with Gasteiger partial charge in [0.2, 0.25) is 0 Å². The van der Waals surface area contributed by atoms with E-state index in [1.165, 1.54) is 0 Å². The molecule has 3 nitrogen and oxygen atoms in total. The van der Waals surface area contributed by atoms with E-state index in [0.29, 0.717) is 5.11 Å². The van der Waals surface area contributed by atoms with Crippen molar-refractivity contribution >= 4 is 17.3 Å². The molecule has 1 rings (SSSR count). The van der Waals surface area contributed by atoms with Gasteiger partial charge < -0.3 is 15.7 Å². The molecular formula is C9H12N2OS. The fourth-order valence-electron chi connectivity index (χ4n) is 0.915. The van der Waals surface area contributed by atoms with E-state index >= 15 is 0 Å². The first-order valence-electron chi connectivity index (χ1n) is 3.95. The molecule has 0 aromatic heterocycles. The van der Waals surface area contributed by atoms with Crippen molar-refractivity contribution in [1.29, 1.82) is 0 Å². The van der Waals surface area contributed by atoms with Gasteiger partial charge in [-0.3, -0.25) is 0 Å². The molecule has 0 heterocycles. The monoisotopic (exact) mass is 196 g/mol. The minimum Gasteiger partial charge on any atom is -0.369 e. The van der Waals surface area contributed by atoms with E-state index in [1.807, 2.05) is 30.3 Å². The first-order chi connectivity index (χ1) is 6.24. The molecule has 1 unspecified atom stereocenters. The van der Waals surface area contributed by atoms with E-state index in [0.717, 1.165) is 5.56 Å². The smallest absolute Gasteiger partial charge is 0.168 e. The van der Waals surface area contributed by atoms with Crippen molar-refractivity contribution in [3.8, 4) is 0 Å². The maximum absolute atomic E-state index is 9.58. The predicted octanol–water partition coefficient (Wildman–Crippen LogP) is 0.771. The maximum Gasteiger partial charge on any atom is 0.168 e. The highest BCUT2D eigenvalue weighted by Crippen LogP contribution is 2.07. The minimum absolute atomic E-state index is 0.427. The van der Waals surface area contributed by atoms with Crippen LogP contribution in [0.3, 0.4) is 0 Å². The molecule has 0 aliphatic heterocycles. The zero-order valence-corrected chi connectivity index (χ0v) is 8.14. The zero-order valence-electron chi connectivity index (χ0n) is 7.32. The fourth-order valence-corrected chi connectivity index (χ4v) is 1.03. The molecule has 0 spiro atoms. The van der Waals surface area contributed by atoms with Crippen molar-refractivity contribution in [3.63, 3.8) is 0 Å². The first-order valence-corrected chi connectivity index (χ1v) is 4.36. The lowest BCUT2D eigenvalue weighted by molar-refractivity contribution is 0.162. The van der Waals surface area contributed by atoms with Crippen LogP contribution in [-0.4, -0.2) is 17.3 Å². The van der Waals surface area contributed by atoms with Gasteiger partial charge in [0.25, 0.3) is 0 Å². The Labute approximate surface area is 82.8 Å². The van der Waals surface area contributed by atoms with Gasteiger partial charge in [-0.25, -0.2) is 0 Å². The third-order valence-electron chi connectivity index (χ3n) is 1.61. The summed E-state index contributed by atoms with van der Waals surface area (Å²) in [7, 11) is 1.70. The van der Waals surface area contributed by atoms with Crippen LogP contribution in [0.15, 0.2) is 30.3 Å². The second kappa shape index (κ2) is 4.79. The fraction of sp³-hybridized carbons (Fsp3) is 0.222. The van der Waals surface area contributed by atoms with Crippen LogP contribution in [0.1, 0.15) is 11.8 Å². The van der Waals surface area contributed by atoms with Crippen LogP contribution in [0.25, 0.3) is 0 Å². The molecule has 1 aromatic rings. The van der Waals surface area contributed by atoms with E-state index in [-0.39, 0.29) is 0 Å². The Balaban J connectivity index is 2.59. The minimum atomic E-state index is -0.749. The quantitative estimate of drug-likeness (QED) is 0.483. The number of nitrogens with one attached hydrogen (secondary N) is 2. The number of hydrogen-bond acceptors (Lipinski definition) is 2. The van der Waals surface area contributed by atoms with Crippen molar-refractivity contribution in [2.45, 2.75) is 6.23 Å². The van der Waals surface area contributed by atoms with Crippen molar-refractivity contribution < 1.29 is 5.11 Å². The normalized spacial score (nSPS) is 11.8. The summed E-state index contributed by atoms with van der Waals surface area (Å²) in [6, 6.07) is 9.28. The number of aliphatic hydroxyl groups is 1. The van der Waals surface area contributed by atoms with Crippen molar-refractivity contribution in [1.82, 2.24) is 10.6 Å². The topological polar surface area (TPSA) is 44.3 Å². The predicted molar refractivity (Wildman–Crippen MR) is 56.2 cm³/mol. The Morgan fingerprint density at radius 1 is 1.38 bits per heavy atom. The Bertz CT molecular complexity index is 276. The van der Waals surface area contributed by atoms with Crippen LogP contribution >= 0.6 is 12.2 Å². The Hall–Kier alpha value is -1.13. The molecule has 13 heavy (non-hydrogen) atoms. The van der Waals surface area contributed by atoms with Crippen molar-refractivity contribution in [2.75, 3.05) is 7.05 Å². The van der Waals surface area contributed by atoms with Gasteiger partial charge in [-0.1, -0.05) is 30.3 Å². The van der Waals surface area contributed by atoms with Gasteiger partial charge in [0.1, 0.15) is 0 Å². The molecule has 0 fully saturated rings. The summed E-state index contributed by atoms with van der Waals surface area (Å²) in [5.41, 5.74) is 0.792. The molecule has 0 radical (unpaired) electrons. The van der Waals surface area contributed by atoms with Crippen LogP contribution in [0, 0.1) is 0 Å². The lowest BCUT2D eigenvalue weighted by atomic mass is 10.2.